The first-order chi connectivity index (χ1) is 12.8. The third kappa shape index (κ3) is 10.4. The molecule has 0 spiro atoms. The molecule has 0 fully saturated rings. The molecule has 0 radical (unpaired) electrons. The van der Waals surface area contributed by atoms with E-state index in [0.717, 1.165) is 12.5 Å². The average molecular weight is 364 g/mol. The van der Waals surface area contributed by atoms with Gasteiger partial charge in [-0.05, 0) is 19.8 Å². The van der Waals surface area contributed by atoms with Crippen molar-refractivity contribution in [1.29, 1.82) is 0 Å². The lowest BCUT2D eigenvalue weighted by Gasteiger charge is -2.13. The maximum atomic E-state index is 3.52. The smallest absolute Gasteiger partial charge is 0.247 e. The Bertz CT molecular complexity index is 410. The average Bonchev–Trinajstić information content (AvgIpc) is 3.13. The van der Waals surface area contributed by atoms with Crippen molar-refractivity contribution in [2.75, 3.05) is 0 Å². The zero-order chi connectivity index (χ0) is 18.9. The van der Waals surface area contributed by atoms with Crippen LogP contribution in [0.2, 0.25) is 0 Å². The van der Waals surface area contributed by atoms with E-state index in [1.165, 1.54) is 109 Å². The minimum Gasteiger partial charge on any atom is -0.247 e. The second-order valence-corrected chi connectivity index (χ2v) is 8.15. The summed E-state index contributed by atoms with van der Waals surface area (Å²) < 4.78 is 2.40. The molecule has 152 valence electrons. The van der Waals surface area contributed by atoms with E-state index in [4.69, 9.17) is 0 Å². The third-order valence-electron chi connectivity index (χ3n) is 5.83. The van der Waals surface area contributed by atoms with Crippen LogP contribution in [-0.2, 0) is 6.54 Å². The van der Waals surface area contributed by atoms with Crippen molar-refractivity contribution in [3.8, 4) is 0 Å². The molecule has 0 bridgehead atoms. The Hall–Kier alpha value is -0.790. The molecule has 0 aliphatic carbocycles. The highest BCUT2D eigenvalue weighted by atomic mass is 15.1. The molecule has 1 rings (SSSR count). The van der Waals surface area contributed by atoms with Gasteiger partial charge in [0.15, 0.2) is 0 Å². The number of aromatic nitrogens is 2. The molecule has 0 saturated carbocycles. The molecule has 1 heterocycles. The van der Waals surface area contributed by atoms with Gasteiger partial charge in [0.05, 0.1) is 12.5 Å². The topological polar surface area (TPSA) is 19.7 Å². The predicted molar refractivity (Wildman–Crippen MR) is 115 cm³/mol. The molecule has 1 atom stereocenters. The van der Waals surface area contributed by atoms with Crippen LogP contribution in [0.4, 0.5) is 0 Å². The number of nitrogens with one attached hydrogen (secondary N) is 1. The van der Waals surface area contributed by atoms with Crippen molar-refractivity contribution in [3.05, 3.63) is 18.2 Å². The first-order valence-corrected chi connectivity index (χ1v) is 11.9. The molecule has 1 N–H and O–H groups in total. The molecule has 26 heavy (non-hydrogen) atoms. The molecule has 0 amide bonds. The number of aryl methyl sites for hydroxylation is 1. The summed E-state index contributed by atoms with van der Waals surface area (Å²) in [7, 11) is 0. The second kappa shape index (κ2) is 16.4. The fourth-order valence-corrected chi connectivity index (χ4v) is 4.10. The number of hydrogen-bond acceptors (Lipinski definition) is 0. The first kappa shape index (κ1) is 23.2. The van der Waals surface area contributed by atoms with Crippen molar-refractivity contribution < 1.29 is 4.57 Å². The third-order valence-corrected chi connectivity index (χ3v) is 5.83. The van der Waals surface area contributed by atoms with E-state index in [1.54, 1.807) is 0 Å². The molecular formula is C24H47N2+. The van der Waals surface area contributed by atoms with Gasteiger partial charge in [0.1, 0.15) is 12.4 Å². The predicted octanol–water partition coefficient (Wildman–Crippen LogP) is 7.69. The van der Waals surface area contributed by atoms with Crippen molar-refractivity contribution >= 4 is 0 Å². The number of H-pyrrole nitrogens is 1. The summed E-state index contributed by atoms with van der Waals surface area (Å²) in [4.78, 5) is 3.52. The van der Waals surface area contributed by atoms with Crippen LogP contribution in [0.3, 0.4) is 0 Å². The molecule has 2 nitrogen and oxygen atoms in total. The molecule has 1 aromatic heterocycles. The van der Waals surface area contributed by atoms with E-state index in [-0.39, 0.29) is 0 Å². The van der Waals surface area contributed by atoms with Crippen LogP contribution < -0.4 is 4.57 Å². The van der Waals surface area contributed by atoms with Gasteiger partial charge >= 0.3 is 0 Å². The second-order valence-electron chi connectivity index (χ2n) is 8.15. The Kier molecular flexibility index (Phi) is 14.7. The van der Waals surface area contributed by atoms with Crippen LogP contribution in [0.25, 0.3) is 0 Å². The van der Waals surface area contributed by atoms with Crippen LogP contribution >= 0.6 is 0 Å². The monoisotopic (exact) mass is 363 g/mol. The summed E-state index contributed by atoms with van der Waals surface area (Å²) in [6.45, 7) is 7.94. The van der Waals surface area contributed by atoms with Gasteiger partial charge in [0, 0.05) is 0 Å². The van der Waals surface area contributed by atoms with Gasteiger partial charge in [-0.25, -0.2) is 9.55 Å². The van der Waals surface area contributed by atoms with Crippen LogP contribution in [0.1, 0.15) is 135 Å². The first-order valence-electron chi connectivity index (χ1n) is 11.9. The van der Waals surface area contributed by atoms with E-state index < -0.39 is 0 Å². The van der Waals surface area contributed by atoms with Gasteiger partial charge in [0.2, 0.25) is 0 Å². The summed E-state index contributed by atoms with van der Waals surface area (Å²) in [5.41, 5.74) is 0. The Balaban J connectivity index is 2.08. The highest BCUT2D eigenvalue weighted by Gasteiger charge is 2.21. The number of rotatable bonds is 18. The summed E-state index contributed by atoms with van der Waals surface area (Å²) in [5, 5.41) is 0. The van der Waals surface area contributed by atoms with Crippen LogP contribution in [0.15, 0.2) is 12.4 Å². The summed E-state index contributed by atoms with van der Waals surface area (Å²) in [6.07, 6.45) is 26.9. The minimum atomic E-state index is 0.730. The Morgan fingerprint density at radius 2 is 1.19 bits per heavy atom. The SMILES string of the molecule is CCCCCCCCCCCCCC[C@H](CCCC)c1[nH]cc[n+]1CC. The molecule has 2 heteroatoms. The molecule has 1 aromatic rings. The Labute approximate surface area is 164 Å². The van der Waals surface area contributed by atoms with Gasteiger partial charge in [-0.3, -0.25) is 0 Å². The number of aromatic amines is 1. The van der Waals surface area contributed by atoms with E-state index in [1.807, 2.05) is 0 Å². The van der Waals surface area contributed by atoms with Crippen molar-refractivity contribution in [2.24, 2.45) is 0 Å². The van der Waals surface area contributed by atoms with Gasteiger partial charge in [-0.1, -0.05) is 104 Å². The van der Waals surface area contributed by atoms with Gasteiger partial charge in [0.25, 0.3) is 5.82 Å². The normalized spacial score (nSPS) is 12.6. The maximum absolute atomic E-state index is 3.52. The maximum Gasteiger partial charge on any atom is 0.257 e. The van der Waals surface area contributed by atoms with E-state index in [9.17, 15) is 0 Å². The number of nitrogens with zero attached hydrogens (tertiary/aromatic N) is 1. The highest BCUT2D eigenvalue weighted by molar-refractivity contribution is 4.89. The number of imidazole rings is 1. The molecule has 0 aliphatic rings. The molecule has 0 saturated heterocycles. The van der Waals surface area contributed by atoms with Gasteiger partial charge in [-0.15, -0.1) is 0 Å². The quantitative estimate of drug-likeness (QED) is 0.204. The van der Waals surface area contributed by atoms with Crippen molar-refractivity contribution in [2.45, 2.75) is 136 Å². The summed E-state index contributed by atoms with van der Waals surface area (Å²) in [6, 6.07) is 0. The molecule has 0 aliphatic heterocycles. The van der Waals surface area contributed by atoms with Gasteiger partial charge in [-0.2, -0.15) is 0 Å². The summed E-state index contributed by atoms with van der Waals surface area (Å²) >= 11 is 0. The zero-order valence-electron chi connectivity index (χ0n) is 18.2. The lowest BCUT2D eigenvalue weighted by molar-refractivity contribution is -0.701. The van der Waals surface area contributed by atoms with E-state index in [2.05, 4.69) is 42.7 Å². The van der Waals surface area contributed by atoms with Crippen molar-refractivity contribution in [3.63, 3.8) is 0 Å². The fourth-order valence-electron chi connectivity index (χ4n) is 4.10. The lowest BCUT2D eigenvalue weighted by atomic mass is 9.94. The largest absolute Gasteiger partial charge is 0.257 e. The van der Waals surface area contributed by atoms with Crippen molar-refractivity contribution in [1.82, 2.24) is 4.98 Å². The summed E-state index contributed by atoms with van der Waals surface area (Å²) in [5.74, 6) is 2.19. The minimum absolute atomic E-state index is 0.730. The highest BCUT2D eigenvalue weighted by Crippen LogP contribution is 2.25. The standard InChI is InChI=1S/C24H46N2/c1-4-7-9-10-11-12-13-14-15-16-17-18-20-23(19-8-5-2)24-25-21-22-26(24)6-3/h21-23H,4-20H2,1-3H3/p+1/t23-/m0/s1. The van der Waals surface area contributed by atoms with E-state index >= 15 is 0 Å². The molecule has 0 aromatic carbocycles. The lowest BCUT2D eigenvalue weighted by Crippen LogP contribution is -2.36. The zero-order valence-corrected chi connectivity index (χ0v) is 18.2. The van der Waals surface area contributed by atoms with Crippen LogP contribution in [0, 0.1) is 0 Å². The molecule has 0 unspecified atom stereocenters. The molecular weight excluding hydrogens is 316 g/mol. The van der Waals surface area contributed by atoms with Gasteiger partial charge < -0.3 is 0 Å². The Morgan fingerprint density at radius 1 is 0.692 bits per heavy atom. The number of hydrogen-bond donors (Lipinski definition) is 1. The van der Waals surface area contributed by atoms with E-state index in [0.29, 0.717) is 0 Å². The number of unbranched alkanes of at least 4 members (excludes halogenated alkanes) is 12. The Morgan fingerprint density at radius 3 is 1.73 bits per heavy atom. The fraction of sp³-hybridized carbons (Fsp3) is 0.875. The van der Waals surface area contributed by atoms with Crippen LogP contribution in [0.5, 0.6) is 0 Å². The van der Waals surface area contributed by atoms with Crippen LogP contribution in [-0.4, -0.2) is 4.98 Å².